The predicted molar refractivity (Wildman–Crippen MR) is 104 cm³/mol. The van der Waals surface area contributed by atoms with Crippen molar-refractivity contribution in [1.82, 2.24) is 9.66 Å². The number of halogens is 1. The SMILES string of the molecule is Cc1cn2c(n1)SC(c1ccc(F)cc1)C(c1ccc3c(c1)NC(=O)CO3)=N2. The van der Waals surface area contributed by atoms with E-state index in [0.29, 0.717) is 11.4 Å². The Labute approximate surface area is 164 Å². The molecular formula is C20H15FN4O2S. The minimum atomic E-state index is -0.283. The monoisotopic (exact) mass is 394 g/mol. The number of ether oxygens (including phenoxy) is 1. The fraction of sp³-hybridized carbons (Fsp3) is 0.150. The first-order valence-electron chi connectivity index (χ1n) is 8.71. The number of aryl methyl sites for hydroxylation is 1. The van der Waals surface area contributed by atoms with Crippen LogP contribution in [0.2, 0.25) is 0 Å². The van der Waals surface area contributed by atoms with Crippen molar-refractivity contribution in [2.45, 2.75) is 17.3 Å². The number of imidazole rings is 1. The highest BCUT2D eigenvalue weighted by atomic mass is 32.2. The molecule has 2 aromatic carbocycles. The molecule has 6 nitrogen and oxygen atoms in total. The summed E-state index contributed by atoms with van der Waals surface area (Å²) in [5, 5.41) is 8.24. The van der Waals surface area contributed by atoms with Gasteiger partial charge in [-0.2, -0.15) is 5.10 Å². The van der Waals surface area contributed by atoms with Crippen molar-refractivity contribution in [2.24, 2.45) is 5.10 Å². The molecule has 1 atom stereocenters. The Morgan fingerprint density at radius 3 is 2.89 bits per heavy atom. The Morgan fingerprint density at radius 1 is 1.25 bits per heavy atom. The van der Waals surface area contributed by atoms with Crippen LogP contribution < -0.4 is 10.1 Å². The fourth-order valence-corrected chi connectivity index (χ4v) is 4.46. The van der Waals surface area contributed by atoms with Crippen LogP contribution in [0.25, 0.3) is 0 Å². The number of carbonyl (C=O) groups is 1. The number of benzene rings is 2. The van der Waals surface area contributed by atoms with Gasteiger partial charge in [0.25, 0.3) is 5.91 Å². The minimum Gasteiger partial charge on any atom is -0.482 e. The number of carbonyl (C=O) groups excluding carboxylic acids is 1. The molecule has 5 rings (SSSR count). The van der Waals surface area contributed by atoms with E-state index in [1.165, 1.54) is 12.1 Å². The van der Waals surface area contributed by atoms with Crippen molar-refractivity contribution in [3.8, 4) is 5.75 Å². The van der Waals surface area contributed by atoms with Crippen LogP contribution in [0.3, 0.4) is 0 Å². The Bertz CT molecular complexity index is 1120. The molecule has 2 aliphatic rings. The Balaban J connectivity index is 1.63. The summed E-state index contributed by atoms with van der Waals surface area (Å²) in [5.41, 5.74) is 4.06. The van der Waals surface area contributed by atoms with Gasteiger partial charge in [-0.1, -0.05) is 23.9 Å². The molecule has 0 aliphatic carbocycles. The van der Waals surface area contributed by atoms with Gasteiger partial charge in [-0.25, -0.2) is 14.1 Å². The number of nitrogens with zero attached hydrogens (tertiary/aromatic N) is 3. The smallest absolute Gasteiger partial charge is 0.262 e. The van der Waals surface area contributed by atoms with Gasteiger partial charge >= 0.3 is 0 Å². The first kappa shape index (κ1) is 17.0. The molecule has 140 valence electrons. The number of fused-ring (bicyclic) bond motifs is 2. The molecule has 3 aromatic rings. The van der Waals surface area contributed by atoms with Crippen molar-refractivity contribution < 1.29 is 13.9 Å². The van der Waals surface area contributed by atoms with Gasteiger partial charge in [0.15, 0.2) is 11.8 Å². The van der Waals surface area contributed by atoms with Crippen molar-refractivity contribution in [1.29, 1.82) is 0 Å². The van der Waals surface area contributed by atoms with E-state index in [1.54, 1.807) is 28.6 Å². The molecule has 1 unspecified atom stereocenters. The standard InChI is InChI=1S/C20H15FN4O2S/c1-11-9-25-20(22-11)28-19(12-2-5-14(21)6-3-12)18(24-25)13-4-7-16-15(8-13)23-17(26)10-27-16/h2-9,19H,10H2,1H3,(H,23,26). The van der Waals surface area contributed by atoms with E-state index in [1.807, 2.05) is 31.3 Å². The lowest BCUT2D eigenvalue weighted by Gasteiger charge is -2.25. The Hall–Kier alpha value is -3.13. The third kappa shape index (κ3) is 2.95. The summed E-state index contributed by atoms with van der Waals surface area (Å²) in [6, 6.07) is 12.0. The molecule has 2 aliphatic heterocycles. The predicted octanol–water partition coefficient (Wildman–Crippen LogP) is 3.76. The number of aromatic nitrogens is 2. The summed E-state index contributed by atoms with van der Waals surface area (Å²) in [5.74, 6) is 0.158. The van der Waals surface area contributed by atoms with Gasteiger partial charge in [0.1, 0.15) is 11.6 Å². The highest BCUT2D eigenvalue weighted by molar-refractivity contribution is 8.00. The van der Waals surface area contributed by atoms with Gasteiger partial charge in [0.2, 0.25) is 0 Å². The normalized spacial score (nSPS) is 17.9. The molecule has 0 radical (unpaired) electrons. The summed E-state index contributed by atoms with van der Waals surface area (Å²) >= 11 is 1.56. The number of nitrogens with one attached hydrogen (secondary N) is 1. The minimum absolute atomic E-state index is 0.0129. The molecule has 3 heterocycles. The Kier molecular flexibility index (Phi) is 3.94. The second kappa shape index (κ2) is 6.49. The Morgan fingerprint density at radius 2 is 2.07 bits per heavy atom. The van der Waals surface area contributed by atoms with Gasteiger partial charge in [0, 0.05) is 5.56 Å². The summed E-state index contributed by atoms with van der Waals surface area (Å²) in [4.78, 5) is 16.2. The number of hydrogen-bond acceptors (Lipinski definition) is 5. The van der Waals surface area contributed by atoms with Crippen LogP contribution in [0, 0.1) is 12.7 Å². The highest BCUT2D eigenvalue weighted by Crippen LogP contribution is 2.42. The summed E-state index contributed by atoms with van der Waals surface area (Å²) in [7, 11) is 0. The number of amides is 1. The van der Waals surface area contributed by atoms with Gasteiger partial charge < -0.3 is 10.1 Å². The van der Waals surface area contributed by atoms with Gasteiger partial charge in [-0.05, 0) is 42.8 Å². The maximum atomic E-state index is 13.4. The second-order valence-corrected chi connectivity index (χ2v) is 7.66. The van der Waals surface area contributed by atoms with Gasteiger partial charge in [-0.15, -0.1) is 0 Å². The van der Waals surface area contributed by atoms with E-state index < -0.39 is 0 Å². The van der Waals surface area contributed by atoms with Crippen LogP contribution in [-0.4, -0.2) is 27.9 Å². The molecular weight excluding hydrogens is 379 g/mol. The van der Waals surface area contributed by atoms with Crippen LogP contribution >= 0.6 is 11.8 Å². The molecule has 0 saturated heterocycles. The average Bonchev–Trinajstić information content (AvgIpc) is 3.06. The zero-order valence-corrected chi connectivity index (χ0v) is 15.7. The third-order valence-corrected chi connectivity index (χ3v) is 5.77. The number of hydrogen-bond donors (Lipinski definition) is 1. The van der Waals surface area contributed by atoms with Crippen molar-refractivity contribution in [3.63, 3.8) is 0 Å². The van der Waals surface area contributed by atoms with E-state index in [2.05, 4.69) is 10.3 Å². The molecule has 1 amide bonds. The van der Waals surface area contributed by atoms with Crippen LogP contribution in [0.15, 0.2) is 58.9 Å². The maximum Gasteiger partial charge on any atom is 0.262 e. The van der Waals surface area contributed by atoms with Gasteiger partial charge in [0.05, 0.1) is 28.5 Å². The second-order valence-electron chi connectivity index (χ2n) is 6.59. The lowest BCUT2D eigenvalue weighted by atomic mass is 10.0. The molecule has 1 N–H and O–H groups in total. The molecule has 0 bridgehead atoms. The molecule has 0 spiro atoms. The van der Waals surface area contributed by atoms with Crippen molar-refractivity contribution >= 4 is 29.1 Å². The molecule has 1 aromatic heterocycles. The number of anilines is 1. The first-order valence-corrected chi connectivity index (χ1v) is 9.59. The third-order valence-electron chi connectivity index (χ3n) is 4.55. The van der Waals surface area contributed by atoms with Crippen molar-refractivity contribution in [2.75, 3.05) is 11.9 Å². The summed E-state index contributed by atoms with van der Waals surface area (Å²) in [6.07, 6.45) is 1.87. The van der Waals surface area contributed by atoms with Crippen LogP contribution in [0.4, 0.5) is 10.1 Å². The largest absolute Gasteiger partial charge is 0.482 e. The fourth-order valence-electron chi connectivity index (χ4n) is 3.26. The zero-order chi connectivity index (χ0) is 19.3. The molecule has 0 saturated carbocycles. The van der Waals surface area contributed by atoms with E-state index >= 15 is 0 Å². The van der Waals surface area contributed by atoms with E-state index in [9.17, 15) is 9.18 Å². The van der Waals surface area contributed by atoms with Crippen LogP contribution in [-0.2, 0) is 4.79 Å². The zero-order valence-electron chi connectivity index (χ0n) is 14.8. The van der Waals surface area contributed by atoms with Gasteiger partial charge in [-0.3, -0.25) is 4.79 Å². The summed E-state index contributed by atoms with van der Waals surface area (Å²) in [6.45, 7) is 1.93. The van der Waals surface area contributed by atoms with Crippen LogP contribution in [0.1, 0.15) is 22.1 Å². The molecule has 8 heteroatoms. The first-order chi connectivity index (χ1) is 13.6. The lowest BCUT2D eigenvalue weighted by molar-refractivity contribution is -0.118. The lowest BCUT2D eigenvalue weighted by Crippen LogP contribution is -2.26. The maximum absolute atomic E-state index is 13.4. The van der Waals surface area contributed by atoms with E-state index in [-0.39, 0.29) is 23.6 Å². The van der Waals surface area contributed by atoms with E-state index in [4.69, 9.17) is 9.84 Å². The van der Waals surface area contributed by atoms with Crippen molar-refractivity contribution in [3.05, 3.63) is 71.3 Å². The quantitative estimate of drug-likeness (QED) is 0.719. The molecule has 28 heavy (non-hydrogen) atoms. The highest BCUT2D eigenvalue weighted by Gasteiger charge is 2.29. The topological polar surface area (TPSA) is 68.5 Å². The summed E-state index contributed by atoms with van der Waals surface area (Å²) < 4.78 is 20.6. The van der Waals surface area contributed by atoms with E-state index in [0.717, 1.165) is 27.7 Å². The van der Waals surface area contributed by atoms with Crippen LogP contribution in [0.5, 0.6) is 5.75 Å². The number of rotatable bonds is 2. The average molecular weight is 394 g/mol. The number of thioether (sulfide) groups is 1. The molecule has 0 fully saturated rings.